The van der Waals surface area contributed by atoms with Crippen LogP contribution >= 0.6 is 15.9 Å². The fourth-order valence-corrected chi connectivity index (χ4v) is 2.02. The largest absolute Gasteiger partial charge is 0.507 e. The van der Waals surface area contributed by atoms with Crippen LogP contribution in [0.25, 0.3) is 0 Å². The number of aryl methyl sites for hydroxylation is 1. The minimum absolute atomic E-state index is 0.130. The molecule has 0 aliphatic carbocycles. The molecule has 0 saturated heterocycles. The molecule has 1 amide bonds. The van der Waals surface area contributed by atoms with E-state index in [-0.39, 0.29) is 11.7 Å². The zero-order valence-electron chi connectivity index (χ0n) is 10.8. The molecule has 4 nitrogen and oxygen atoms in total. The Bertz CT molecular complexity index is 669. The molecule has 2 N–H and O–H groups in total. The number of carbonyl (C=O) groups is 1. The number of aromatic hydroxyl groups is 1. The molecule has 0 aliphatic rings. The third kappa shape index (κ3) is 3.68. The van der Waals surface area contributed by atoms with Crippen LogP contribution in [0.4, 0.5) is 0 Å². The van der Waals surface area contributed by atoms with Crippen LogP contribution in [0.5, 0.6) is 5.75 Å². The molecule has 2 aromatic carbocycles. The summed E-state index contributed by atoms with van der Waals surface area (Å²) in [6, 6.07) is 12.2. The van der Waals surface area contributed by atoms with Crippen molar-refractivity contribution in [1.82, 2.24) is 5.43 Å². The predicted octanol–water partition coefficient (Wildman–Crippen LogP) is 3.23. The van der Waals surface area contributed by atoms with Gasteiger partial charge in [0.05, 0.1) is 6.21 Å². The second-order valence-corrected chi connectivity index (χ2v) is 5.19. The van der Waals surface area contributed by atoms with E-state index in [1.165, 1.54) is 6.21 Å². The number of nitrogens with zero attached hydrogens (tertiary/aromatic N) is 1. The van der Waals surface area contributed by atoms with Crippen molar-refractivity contribution in [3.05, 3.63) is 63.6 Å². The number of nitrogens with one attached hydrogen (secondary N) is 1. The highest BCUT2D eigenvalue weighted by Gasteiger charge is 2.04. The smallest absolute Gasteiger partial charge is 0.271 e. The Labute approximate surface area is 125 Å². The molecule has 2 aromatic rings. The molecule has 0 fully saturated rings. The molecule has 0 unspecified atom stereocenters. The quantitative estimate of drug-likeness (QED) is 0.669. The number of phenols is 1. The number of phenolic OH excluding ortho intramolecular Hbond substituents is 1. The maximum absolute atomic E-state index is 11.8. The molecule has 5 heteroatoms. The van der Waals surface area contributed by atoms with Gasteiger partial charge in [-0.3, -0.25) is 4.79 Å². The number of halogens is 1. The first-order valence-corrected chi connectivity index (χ1v) is 6.74. The molecule has 0 atom stereocenters. The highest BCUT2D eigenvalue weighted by Crippen LogP contribution is 2.16. The summed E-state index contributed by atoms with van der Waals surface area (Å²) in [4.78, 5) is 11.8. The fourth-order valence-electron chi connectivity index (χ4n) is 1.62. The lowest BCUT2D eigenvalue weighted by atomic mass is 10.1. The van der Waals surface area contributed by atoms with Gasteiger partial charge in [0.15, 0.2) is 0 Å². The van der Waals surface area contributed by atoms with Crippen molar-refractivity contribution >= 4 is 28.1 Å². The number of hydrogen-bond acceptors (Lipinski definition) is 3. The Kier molecular flexibility index (Phi) is 4.53. The van der Waals surface area contributed by atoms with E-state index in [0.717, 1.165) is 10.0 Å². The van der Waals surface area contributed by atoms with E-state index in [2.05, 4.69) is 26.5 Å². The van der Waals surface area contributed by atoms with Gasteiger partial charge >= 0.3 is 0 Å². The average molecular weight is 333 g/mol. The van der Waals surface area contributed by atoms with Crippen LogP contribution in [-0.4, -0.2) is 17.2 Å². The summed E-state index contributed by atoms with van der Waals surface area (Å²) in [5.41, 5.74) is 4.42. The van der Waals surface area contributed by atoms with Crippen molar-refractivity contribution in [2.24, 2.45) is 5.10 Å². The number of rotatable bonds is 3. The van der Waals surface area contributed by atoms with Crippen LogP contribution in [0.1, 0.15) is 21.5 Å². The summed E-state index contributed by atoms with van der Waals surface area (Å²) in [5.74, 6) is -0.181. The highest BCUT2D eigenvalue weighted by atomic mass is 79.9. The summed E-state index contributed by atoms with van der Waals surface area (Å²) in [6.45, 7) is 1.88. The lowest BCUT2D eigenvalue weighted by molar-refractivity contribution is 0.0955. The summed E-state index contributed by atoms with van der Waals surface area (Å²) >= 11 is 3.30. The lowest BCUT2D eigenvalue weighted by Crippen LogP contribution is -2.17. The van der Waals surface area contributed by atoms with Crippen LogP contribution in [-0.2, 0) is 0 Å². The van der Waals surface area contributed by atoms with Gasteiger partial charge in [0.25, 0.3) is 5.91 Å². The Hall–Kier alpha value is -2.14. The van der Waals surface area contributed by atoms with E-state index < -0.39 is 0 Å². The van der Waals surface area contributed by atoms with Crippen molar-refractivity contribution in [2.75, 3.05) is 0 Å². The summed E-state index contributed by atoms with van der Waals surface area (Å²) in [5, 5.41) is 13.5. The maximum atomic E-state index is 11.8. The zero-order chi connectivity index (χ0) is 14.5. The van der Waals surface area contributed by atoms with Gasteiger partial charge < -0.3 is 5.11 Å². The van der Waals surface area contributed by atoms with Gasteiger partial charge in [-0.15, -0.1) is 0 Å². The van der Waals surface area contributed by atoms with Gasteiger partial charge in [-0.25, -0.2) is 5.43 Å². The third-order valence-corrected chi connectivity index (χ3v) is 3.14. The standard InChI is InChI=1S/C15H13BrN2O2/c1-10-5-6-12(14(19)7-10)9-17-18-15(20)11-3-2-4-13(16)8-11/h2-9,19H,1H3,(H,18,20). The molecule has 0 aliphatic heterocycles. The van der Waals surface area contributed by atoms with E-state index >= 15 is 0 Å². The van der Waals surface area contributed by atoms with Crippen molar-refractivity contribution < 1.29 is 9.90 Å². The Morgan fingerprint density at radius 1 is 1.30 bits per heavy atom. The minimum atomic E-state index is -0.311. The van der Waals surface area contributed by atoms with Crippen LogP contribution < -0.4 is 5.43 Å². The molecule has 102 valence electrons. The van der Waals surface area contributed by atoms with Crippen molar-refractivity contribution in [1.29, 1.82) is 0 Å². The number of hydrogen-bond donors (Lipinski definition) is 2. The molecule has 0 bridgehead atoms. The lowest BCUT2D eigenvalue weighted by Gasteiger charge is -2.01. The first-order valence-electron chi connectivity index (χ1n) is 5.95. The predicted molar refractivity (Wildman–Crippen MR) is 82.0 cm³/mol. The second kappa shape index (κ2) is 6.34. The van der Waals surface area contributed by atoms with E-state index in [9.17, 15) is 9.90 Å². The third-order valence-electron chi connectivity index (χ3n) is 2.64. The maximum Gasteiger partial charge on any atom is 0.271 e. The molecule has 20 heavy (non-hydrogen) atoms. The Balaban J connectivity index is 2.04. The first kappa shape index (κ1) is 14.3. The van der Waals surface area contributed by atoms with Crippen LogP contribution in [0, 0.1) is 6.92 Å². The van der Waals surface area contributed by atoms with Crippen molar-refractivity contribution in [3.8, 4) is 5.75 Å². The van der Waals surface area contributed by atoms with Crippen molar-refractivity contribution in [2.45, 2.75) is 6.92 Å². The number of amides is 1. The highest BCUT2D eigenvalue weighted by molar-refractivity contribution is 9.10. The zero-order valence-corrected chi connectivity index (χ0v) is 12.4. The van der Waals surface area contributed by atoms with Gasteiger partial charge in [-0.2, -0.15) is 5.10 Å². The summed E-state index contributed by atoms with van der Waals surface area (Å²) in [6.07, 6.45) is 1.41. The molecule has 0 radical (unpaired) electrons. The van der Waals surface area contributed by atoms with Crippen molar-refractivity contribution in [3.63, 3.8) is 0 Å². The van der Waals surface area contributed by atoms with E-state index in [4.69, 9.17) is 0 Å². The number of carbonyl (C=O) groups excluding carboxylic acids is 1. The number of benzene rings is 2. The SMILES string of the molecule is Cc1ccc(C=NNC(=O)c2cccc(Br)c2)c(O)c1. The molecular weight excluding hydrogens is 320 g/mol. The van der Waals surface area contributed by atoms with Gasteiger partial charge in [0.2, 0.25) is 0 Å². The Morgan fingerprint density at radius 2 is 2.10 bits per heavy atom. The van der Waals surface area contributed by atoms with Gasteiger partial charge in [0.1, 0.15) is 5.75 Å². The molecule has 0 heterocycles. The van der Waals surface area contributed by atoms with E-state index in [0.29, 0.717) is 11.1 Å². The summed E-state index contributed by atoms with van der Waals surface area (Å²) < 4.78 is 0.824. The number of hydrazone groups is 1. The first-order chi connectivity index (χ1) is 9.56. The molecule has 2 rings (SSSR count). The van der Waals surface area contributed by atoms with E-state index in [1.807, 2.05) is 19.1 Å². The molecule has 0 spiro atoms. The fraction of sp³-hybridized carbons (Fsp3) is 0.0667. The molecule has 0 saturated carbocycles. The van der Waals surface area contributed by atoms with E-state index in [1.54, 1.807) is 30.3 Å². The molecule has 0 aromatic heterocycles. The van der Waals surface area contributed by atoms with Gasteiger partial charge in [0, 0.05) is 15.6 Å². The monoisotopic (exact) mass is 332 g/mol. The van der Waals surface area contributed by atoms with Gasteiger partial charge in [-0.1, -0.05) is 28.1 Å². The minimum Gasteiger partial charge on any atom is -0.507 e. The topological polar surface area (TPSA) is 61.7 Å². The summed E-state index contributed by atoms with van der Waals surface area (Å²) in [7, 11) is 0. The molecular formula is C15H13BrN2O2. The Morgan fingerprint density at radius 3 is 2.80 bits per heavy atom. The van der Waals surface area contributed by atoms with Gasteiger partial charge in [-0.05, 0) is 42.8 Å². The second-order valence-electron chi connectivity index (χ2n) is 4.27. The normalized spacial score (nSPS) is 10.7. The van der Waals surface area contributed by atoms with Crippen LogP contribution in [0.3, 0.4) is 0 Å². The van der Waals surface area contributed by atoms with Crippen LogP contribution in [0.15, 0.2) is 52.0 Å². The average Bonchev–Trinajstić information content (AvgIpc) is 2.41. The van der Waals surface area contributed by atoms with Crippen LogP contribution in [0.2, 0.25) is 0 Å².